The van der Waals surface area contributed by atoms with Crippen LogP contribution in [0.5, 0.6) is 11.5 Å². The Labute approximate surface area is 122 Å². The van der Waals surface area contributed by atoms with Gasteiger partial charge in [-0.2, -0.15) is 0 Å². The van der Waals surface area contributed by atoms with E-state index in [9.17, 15) is 9.59 Å². The molecule has 5 heteroatoms. The third-order valence-electron chi connectivity index (χ3n) is 2.93. The fourth-order valence-electron chi connectivity index (χ4n) is 1.91. The highest BCUT2D eigenvalue weighted by Crippen LogP contribution is 2.26. The average molecular weight is 285 g/mol. The second kappa shape index (κ2) is 6.56. The molecule has 0 spiro atoms. The highest BCUT2D eigenvalue weighted by Gasteiger charge is 2.13. The summed E-state index contributed by atoms with van der Waals surface area (Å²) >= 11 is 0. The molecule has 5 nitrogen and oxygen atoms in total. The maximum atomic E-state index is 12.2. The topological polar surface area (TPSA) is 78.6 Å². The summed E-state index contributed by atoms with van der Waals surface area (Å²) in [5.41, 5.74) is 6.21. The van der Waals surface area contributed by atoms with Gasteiger partial charge in [0.15, 0.2) is 5.78 Å². The summed E-state index contributed by atoms with van der Waals surface area (Å²) in [5.74, 6) is 0.670. The van der Waals surface area contributed by atoms with E-state index >= 15 is 0 Å². The smallest absolute Gasteiger partial charge is 0.409 e. The van der Waals surface area contributed by atoms with Gasteiger partial charge >= 0.3 is 6.09 Å². The van der Waals surface area contributed by atoms with Crippen LogP contribution in [0.3, 0.4) is 0 Å². The molecule has 2 aromatic carbocycles. The van der Waals surface area contributed by atoms with Crippen molar-refractivity contribution in [3.63, 3.8) is 0 Å². The van der Waals surface area contributed by atoms with Gasteiger partial charge in [0, 0.05) is 23.6 Å². The number of carbonyl (C=O) groups excluding carboxylic acids is 2. The van der Waals surface area contributed by atoms with Crippen molar-refractivity contribution in [2.45, 2.75) is 6.42 Å². The molecular formula is C16H15NO4. The molecule has 21 heavy (non-hydrogen) atoms. The first kappa shape index (κ1) is 14.6. The molecule has 0 aliphatic heterocycles. The Hall–Kier alpha value is -2.82. The number of rotatable bonds is 5. The van der Waals surface area contributed by atoms with Gasteiger partial charge < -0.3 is 15.2 Å². The molecule has 0 saturated carbocycles. The second-order valence-electron chi connectivity index (χ2n) is 4.36. The molecule has 0 radical (unpaired) electrons. The van der Waals surface area contributed by atoms with Gasteiger partial charge in [0.05, 0.1) is 7.11 Å². The summed E-state index contributed by atoms with van der Waals surface area (Å²) < 4.78 is 10.00. The van der Waals surface area contributed by atoms with Crippen LogP contribution in [0.4, 0.5) is 4.79 Å². The van der Waals surface area contributed by atoms with Crippen molar-refractivity contribution in [3.05, 3.63) is 59.7 Å². The van der Waals surface area contributed by atoms with E-state index < -0.39 is 6.09 Å². The summed E-state index contributed by atoms with van der Waals surface area (Å²) in [6.07, 6.45) is -0.826. The molecule has 0 bridgehead atoms. The number of ether oxygens (including phenoxy) is 2. The van der Waals surface area contributed by atoms with Crippen molar-refractivity contribution in [2.75, 3.05) is 7.11 Å². The van der Waals surface area contributed by atoms with Gasteiger partial charge in [-0.15, -0.1) is 0 Å². The van der Waals surface area contributed by atoms with Gasteiger partial charge in [-0.3, -0.25) is 4.79 Å². The number of hydrogen-bond acceptors (Lipinski definition) is 4. The van der Waals surface area contributed by atoms with Gasteiger partial charge in [-0.1, -0.05) is 36.4 Å². The highest BCUT2D eigenvalue weighted by atomic mass is 16.5. The average Bonchev–Trinajstić information content (AvgIpc) is 2.49. The minimum atomic E-state index is -0.934. The Morgan fingerprint density at radius 3 is 2.43 bits per heavy atom. The van der Waals surface area contributed by atoms with E-state index in [0.29, 0.717) is 16.9 Å². The van der Waals surface area contributed by atoms with Crippen molar-refractivity contribution in [2.24, 2.45) is 5.73 Å². The minimum absolute atomic E-state index is 0.0740. The van der Waals surface area contributed by atoms with Crippen molar-refractivity contribution < 1.29 is 19.1 Å². The van der Waals surface area contributed by atoms with Crippen molar-refractivity contribution in [3.8, 4) is 11.5 Å². The van der Waals surface area contributed by atoms with Crippen molar-refractivity contribution in [1.29, 1.82) is 0 Å². The fraction of sp³-hybridized carbons (Fsp3) is 0.125. The molecule has 0 fully saturated rings. The number of methoxy groups -OCH3 is 1. The third kappa shape index (κ3) is 3.82. The molecule has 2 aromatic rings. The number of ketones is 1. The van der Waals surface area contributed by atoms with Crippen LogP contribution in [0.15, 0.2) is 48.5 Å². The summed E-state index contributed by atoms with van der Waals surface area (Å²) in [6.45, 7) is 0. The Balaban J connectivity index is 2.26. The van der Waals surface area contributed by atoms with Crippen LogP contribution in [0.25, 0.3) is 0 Å². The largest absolute Gasteiger partial charge is 0.497 e. The molecule has 2 N–H and O–H groups in total. The molecule has 108 valence electrons. The van der Waals surface area contributed by atoms with Gasteiger partial charge in [-0.05, 0) is 6.07 Å². The Bertz CT molecular complexity index is 653. The zero-order valence-corrected chi connectivity index (χ0v) is 11.5. The first-order valence-electron chi connectivity index (χ1n) is 6.32. The molecule has 0 heterocycles. The monoisotopic (exact) mass is 285 g/mol. The lowest BCUT2D eigenvalue weighted by Crippen LogP contribution is -2.17. The zero-order valence-electron chi connectivity index (χ0n) is 11.5. The zero-order chi connectivity index (χ0) is 15.2. The summed E-state index contributed by atoms with van der Waals surface area (Å²) in [4.78, 5) is 23.2. The standard InChI is InChI=1S/C16H15NO4/c1-20-13-8-7-12(15(10-13)21-16(17)19)9-14(18)11-5-3-2-4-6-11/h2-8,10H,9H2,1H3,(H2,17,19). The maximum Gasteiger partial charge on any atom is 0.409 e. The highest BCUT2D eigenvalue weighted by molar-refractivity contribution is 5.97. The second-order valence-corrected chi connectivity index (χ2v) is 4.36. The number of amides is 1. The molecule has 2 rings (SSSR count). The molecule has 0 aromatic heterocycles. The lowest BCUT2D eigenvalue weighted by Gasteiger charge is -2.10. The molecular weight excluding hydrogens is 270 g/mol. The first-order chi connectivity index (χ1) is 10.1. The van der Waals surface area contributed by atoms with E-state index in [2.05, 4.69) is 0 Å². The Kier molecular flexibility index (Phi) is 4.56. The molecule has 0 saturated heterocycles. The minimum Gasteiger partial charge on any atom is -0.497 e. The number of Topliss-reactive ketones (excluding diaryl/α,β-unsaturated/α-hetero) is 1. The quantitative estimate of drug-likeness (QED) is 0.856. The maximum absolute atomic E-state index is 12.2. The van der Waals surface area contributed by atoms with Crippen LogP contribution >= 0.6 is 0 Å². The fourth-order valence-corrected chi connectivity index (χ4v) is 1.91. The first-order valence-corrected chi connectivity index (χ1v) is 6.32. The lowest BCUT2D eigenvalue weighted by molar-refractivity contribution is 0.0991. The summed E-state index contributed by atoms with van der Waals surface area (Å²) in [7, 11) is 1.50. The molecule has 0 aliphatic rings. The third-order valence-corrected chi connectivity index (χ3v) is 2.93. The van der Waals surface area contributed by atoms with E-state index in [1.54, 1.807) is 36.4 Å². The Morgan fingerprint density at radius 1 is 1.10 bits per heavy atom. The van der Waals surface area contributed by atoms with Crippen molar-refractivity contribution in [1.82, 2.24) is 0 Å². The predicted octanol–water partition coefficient (Wildman–Crippen LogP) is 2.58. The van der Waals surface area contributed by atoms with E-state index in [4.69, 9.17) is 15.2 Å². The van der Waals surface area contributed by atoms with Crippen LogP contribution < -0.4 is 15.2 Å². The summed E-state index contributed by atoms with van der Waals surface area (Å²) in [6, 6.07) is 13.8. The van der Waals surface area contributed by atoms with Crippen LogP contribution in [0.1, 0.15) is 15.9 Å². The normalized spacial score (nSPS) is 9.95. The molecule has 0 atom stereocenters. The number of carbonyl (C=O) groups is 2. The molecule has 1 amide bonds. The van der Waals surface area contributed by atoms with E-state index in [1.807, 2.05) is 6.07 Å². The number of benzene rings is 2. The molecule has 0 aliphatic carbocycles. The van der Waals surface area contributed by atoms with Crippen molar-refractivity contribution >= 4 is 11.9 Å². The van der Waals surface area contributed by atoms with Crippen LogP contribution in [-0.2, 0) is 6.42 Å². The Morgan fingerprint density at radius 2 is 1.81 bits per heavy atom. The number of hydrogen-bond donors (Lipinski definition) is 1. The SMILES string of the molecule is COc1ccc(CC(=O)c2ccccc2)c(OC(N)=O)c1. The van der Waals surface area contributed by atoms with E-state index in [1.165, 1.54) is 13.2 Å². The van der Waals surface area contributed by atoms with E-state index in [0.717, 1.165) is 0 Å². The number of primary amides is 1. The van der Waals surface area contributed by atoms with Gasteiger partial charge in [0.2, 0.25) is 0 Å². The van der Waals surface area contributed by atoms with E-state index in [-0.39, 0.29) is 18.0 Å². The van der Waals surface area contributed by atoms with Gasteiger partial charge in [-0.25, -0.2) is 4.79 Å². The van der Waals surface area contributed by atoms with Crippen LogP contribution in [0, 0.1) is 0 Å². The van der Waals surface area contributed by atoms with Crippen LogP contribution in [-0.4, -0.2) is 19.0 Å². The van der Waals surface area contributed by atoms with Gasteiger partial charge in [0.25, 0.3) is 0 Å². The van der Waals surface area contributed by atoms with Gasteiger partial charge in [0.1, 0.15) is 11.5 Å². The van der Waals surface area contributed by atoms with Crippen LogP contribution in [0.2, 0.25) is 0 Å². The number of nitrogens with two attached hydrogens (primary N) is 1. The summed E-state index contributed by atoms with van der Waals surface area (Å²) in [5, 5.41) is 0. The lowest BCUT2D eigenvalue weighted by atomic mass is 10.0. The molecule has 0 unspecified atom stereocenters. The predicted molar refractivity (Wildman–Crippen MR) is 77.7 cm³/mol.